The van der Waals surface area contributed by atoms with Crippen LogP contribution in [0.4, 0.5) is 0 Å². The zero-order valence-corrected chi connectivity index (χ0v) is 13.9. The Balaban J connectivity index is 2.35. The van der Waals surface area contributed by atoms with Gasteiger partial charge in [0.15, 0.2) is 4.34 Å². The Hall–Kier alpha value is -0.170. The predicted octanol–water partition coefficient (Wildman–Crippen LogP) is 2.86. The van der Waals surface area contributed by atoms with E-state index in [4.69, 9.17) is 0 Å². The van der Waals surface area contributed by atoms with E-state index in [2.05, 4.69) is 35.4 Å². The predicted molar refractivity (Wildman–Crippen MR) is 83.0 cm³/mol. The van der Waals surface area contributed by atoms with E-state index < -0.39 is 0 Å². The number of hydrogen-bond donors (Lipinski definition) is 2. The van der Waals surface area contributed by atoms with E-state index in [1.807, 2.05) is 6.92 Å². The molecule has 1 atom stereocenters. The van der Waals surface area contributed by atoms with Crippen LogP contribution in [-0.2, 0) is 0 Å². The third-order valence-corrected chi connectivity index (χ3v) is 5.12. The average Bonchev–Trinajstić information content (AvgIpc) is 2.78. The Morgan fingerprint density at radius 2 is 2.21 bits per heavy atom. The molecule has 0 amide bonds. The van der Waals surface area contributed by atoms with E-state index in [-0.39, 0.29) is 12.1 Å². The molecule has 0 saturated carbocycles. The average molecular weight is 303 g/mol. The first kappa shape index (κ1) is 16.9. The molecule has 1 heterocycles. The van der Waals surface area contributed by atoms with Crippen LogP contribution in [0.2, 0.25) is 0 Å². The van der Waals surface area contributed by atoms with Gasteiger partial charge in [0.05, 0.1) is 6.61 Å². The van der Waals surface area contributed by atoms with Gasteiger partial charge >= 0.3 is 0 Å². The molecule has 0 aliphatic heterocycles. The lowest BCUT2D eigenvalue weighted by Crippen LogP contribution is -2.51. The second-order valence-corrected chi connectivity index (χ2v) is 7.24. The highest BCUT2D eigenvalue weighted by Gasteiger charge is 2.27. The lowest BCUT2D eigenvalue weighted by atomic mass is 9.91. The molecule has 19 heavy (non-hydrogen) atoms. The van der Waals surface area contributed by atoms with Crippen molar-refractivity contribution in [2.45, 2.75) is 62.9 Å². The number of aliphatic hydroxyl groups is 1. The molecule has 0 radical (unpaired) electrons. The van der Waals surface area contributed by atoms with Crippen LogP contribution in [0.3, 0.4) is 0 Å². The van der Waals surface area contributed by atoms with Crippen LogP contribution in [0.1, 0.15) is 45.9 Å². The van der Waals surface area contributed by atoms with Crippen LogP contribution in [0, 0.1) is 6.92 Å². The lowest BCUT2D eigenvalue weighted by molar-refractivity contribution is 0.137. The SMILES string of the molecule is CCC(CO)(CCCSc1nc(C)ns1)NC(C)C. The molecule has 1 aromatic rings. The summed E-state index contributed by atoms with van der Waals surface area (Å²) in [5, 5.41) is 13.2. The zero-order valence-electron chi connectivity index (χ0n) is 12.3. The van der Waals surface area contributed by atoms with Gasteiger partial charge in [-0.25, -0.2) is 4.98 Å². The van der Waals surface area contributed by atoms with Gasteiger partial charge in [-0.2, -0.15) is 4.37 Å². The summed E-state index contributed by atoms with van der Waals surface area (Å²) in [6.07, 6.45) is 3.00. The topological polar surface area (TPSA) is 58.0 Å². The molecule has 110 valence electrons. The highest BCUT2D eigenvalue weighted by atomic mass is 32.2. The van der Waals surface area contributed by atoms with Crippen LogP contribution in [0.5, 0.6) is 0 Å². The monoisotopic (exact) mass is 303 g/mol. The van der Waals surface area contributed by atoms with Crippen LogP contribution >= 0.6 is 23.3 Å². The minimum absolute atomic E-state index is 0.133. The minimum Gasteiger partial charge on any atom is -0.394 e. The van der Waals surface area contributed by atoms with Crippen LogP contribution < -0.4 is 5.32 Å². The first-order chi connectivity index (χ1) is 9.01. The second kappa shape index (κ2) is 8.19. The number of rotatable bonds is 9. The van der Waals surface area contributed by atoms with Gasteiger partial charge in [-0.3, -0.25) is 0 Å². The standard InChI is InChI=1S/C13H25N3OS2/c1-5-13(9-17,15-10(2)3)7-6-8-18-12-14-11(4)16-19-12/h10,15,17H,5-9H2,1-4H3. The molecule has 1 unspecified atom stereocenters. The summed E-state index contributed by atoms with van der Waals surface area (Å²) in [5.74, 6) is 1.88. The summed E-state index contributed by atoms with van der Waals surface area (Å²) in [4.78, 5) is 4.34. The number of aliphatic hydroxyl groups excluding tert-OH is 1. The first-order valence-corrected chi connectivity index (χ1v) is 8.59. The molecule has 0 aliphatic carbocycles. The third kappa shape index (κ3) is 5.77. The fourth-order valence-corrected chi connectivity index (χ4v) is 3.76. The van der Waals surface area contributed by atoms with Crippen molar-refractivity contribution in [3.63, 3.8) is 0 Å². The maximum absolute atomic E-state index is 9.66. The molecule has 6 heteroatoms. The van der Waals surface area contributed by atoms with Crippen molar-refractivity contribution in [3.8, 4) is 0 Å². The lowest BCUT2D eigenvalue weighted by Gasteiger charge is -2.34. The molecule has 4 nitrogen and oxygen atoms in total. The highest BCUT2D eigenvalue weighted by molar-refractivity contribution is 8.00. The van der Waals surface area contributed by atoms with Gasteiger partial charge in [0.1, 0.15) is 5.82 Å². The second-order valence-electron chi connectivity index (χ2n) is 5.15. The van der Waals surface area contributed by atoms with Gasteiger partial charge in [-0.15, -0.1) is 0 Å². The fraction of sp³-hybridized carbons (Fsp3) is 0.846. The minimum atomic E-state index is -0.133. The number of nitrogens with zero attached hydrogens (tertiary/aromatic N) is 2. The molecule has 0 aromatic carbocycles. The van der Waals surface area contributed by atoms with Crippen molar-refractivity contribution in [1.29, 1.82) is 0 Å². The molecule has 1 aromatic heterocycles. The van der Waals surface area contributed by atoms with E-state index in [1.165, 1.54) is 11.5 Å². The number of nitrogens with one attached hydrogen (secondary N) is 1. The number of aromatic nitrogens is 2. The molecule has 0 fully saturated rings. The Labute approximate surface area is 124 Å². The Morgan fingerprint density at radius 3 is 2.68 bits per heavy atom. The quantitative estimate of drug-likeness (QED) is 0.543. The third-order valence-electron chi connectivity index (χ3n) is 3.11. The molecule has 1 rings (SSSR count). The maximum atomic E-state index is 9.66. The van der Waals surface area contributed by atoms with Gasteiger partial charge in [-0.05, 0) is 37.7 Å². The maximum Gasteiger partial charge on any atom is 0.170 e. The van der Waals surface area contributed by atoms with Crippen molar-refractivity contribution in [3.05, 3.63) is 5.82 Å². The fourth-order valence-electron chi connectivity index (χ4n) is 2.11. The number of thioether (sulfide) groups is 1. The molecular formula is C13H25N3OS2. The first-order valence-electron chi connectivity index (χ1n) is 6.83. The summed E-state index contributed by atoms with van der Waals surface area (Å²) in [5.41, 5.74) is -0.133. The normalized spacial score (nSPS) is 14.8. The van der Waals surface area contributed by atoms with E-state index in [0.29, 0.717) is 6.04 Å². The van der Waals surface area contributed by atoms with Crippen molar-refractivity contribution in [2.75, 3.05) is 12.4 Å². The van der Waals surface area contributed by atoms with Crippen LogP contribution in [0.15, 0.2) is 4.34 Å². The summed E-state index contributed by atoms with van der Waals surface area (Å²) >= 11 is 3.22. The van der Waals surface area contributed by atoms with Gasteiger partial charge < -0.3 is 10.4 Å². The summed E-state index contributed by atoms with van der Waals surface area (Å²) in [6.45, 7) is 8.50. The summed E-state index contributed by atoms with van der Waals surface area (Å²) in [6, 6.07) is 0.394. The number of hydrogen-bond acceptors (Lipinski definition) is 6. The van der Waals surface area contributed by atoms with Gasteiger partial charge in [0.2, 0.25) is 0 Å². The molecule has 0 aliphatic rings. The van der Waals surface area contributed by atoms with Gasteiger partial charge in [0, 0.05) is 17.3 Å². The molecule has 0 saturated heterocycles. The Kier molecular flexibility index (Phi) is 7.28. The van der Waals surface area contributed by atoms with Gasteiger partial charge in [-0.1, -0.05) is 32.5 Å². The Morgan fingerprint density at radius 1 is 1.47 bits per heavy atom. The Bertz CT molecular complexity index is 365. The van der Waals surface area contributed by atoms with Crippen LogP contribution in [0.25, 0.3) is 0 Å². The van der Waals surface area contributed by atoms with Crippen LogP contribution in [-0.4, -0.2) is 38.4 Å². The zero-order chi connectivity index (χ0) is 14.3. The van der Waals surface area contributed by atoms with Crippen molar-refractivity contribution >= 4 is 23.3 Å². The summed E-state index contributed by atoms with van der Waals surface area (Å²) < 4.78 is 5.22. The van der Waals surface area contributed by atoms with E-state index in [0.717, 1.165) is 35.2 Å². The molecule has 2 N–H and O–H groups in total. The smallest absolute Gasteiger partial charge is 0.170 e. The molecular weight excluding hydrogens is 278 g/mol. The highest BCUT2D eigenvalue weighted by Crippen LogP contribution is 2.24. The van der Waals surface area contributed by atoms with E-state index >= 15 is 0 Å². The molecule has 0 bridgehead atoms. The largest absolute Gasteiger partial charge is 0.394 e. The van der Waals surface area contributed by atoms with E-state index in [1.54, 1.807) is 11.8 Å². The van der Waals surface area contributed by atoms with Gasteiger partial charge in [0.25, 0.3) is 0 Å². The summed E-state index contributed by atoms with van der Waals surface area (Å²) in [7, 11) is 0. The molecule has 0 spiro atoms. The number of aryl methyl sites for hydroxylation is 1. The van der Waals surface area contributed by atoms with Crippen molar-refractivity contribution in [1.82, 2.24) is 14.7 Å². The van der Waals surface area contributed by atoms with Crippen molar-refractivity contribution in [2.24, 2.45) is 0 Å². The van der Waals surface area contributed by atoms with E-state index in [9.17, 15) is 5.11 Å². The van der Waals surface area contributed by atoms with Crippen molar-refractivity contribution < 1.29 is 5.11 Å².